The summed E-state index contributed by atoms with van der Waals surface area (Å²) >= 11 is 11.8. The maximum Gasteiger partial charge on any atom is 0.310 e. The molecule has 0 saturated carbocycles. The van der Waals surface area contributed by atoms with E-state index in [1.807, 2.05) is 0 Å². The van der Waals surface area contributed by atoms with Gasteiger partial charge in [-0.15, -0.1) is 0 Å². The number of hydrogen-bond acceptors (Lipinski definition) is 4. The second-order valence-electron chi connectivity index (χ2n) is 4.81. The first-order valence-corrected chi connectivity index (χ1v) is 7.56. The summed E-state index contributed by atoms with van der Waals surface area (Å²) in [5.74, 6) is -0.864. The van der Waals surface area contributed by atoms with Crippen molar-refractivity contribution in [1.82, 2.24) is 9.88 Å². The average molecular weight is 331 g/mol. The van der Waals surface area contributed by atoms with E-state index in [-0.39, 0.29) is 33.7 Å². The number of halogens is 2. The molecule has 5 nitrogen and oxygen atoms in total. The van der Waals surface area contributed by atoms with E-state index >= 15 is 0 Å². The lowest BCUT2D eigenvalue weighted by Gasteiger charge is -2.31. The number of amides is 1. The van der Waals surface area contributed by atoms with E-state index in [0.29, 0.717) is 19.7 Å². The number of likely N-dealkylation sites (tertiary alicyclic amines) is 1. The van der Waals surface area contributed by atoms with Crippen LogP contribution in [0.5, 0.6) is 0 Å². The third-order valence-corrected chi connectivity index (χ3v) is 3.86. The van der Waals surface area contributed by atoms with Gasteiger partial charge in [0.2, 0.25) is 0 Å². The van der Waals surface area contributed by atoms with E-state index < -0.39 is 0 Å². The zero-order valence-electron chi connectivity index (χ0n) is 11.6. The zero-order chi connectivity index (χ0) is 15.4. The summed E-state index contributed by atoms with van der Waals surface area (Å²) in [7, 11) is 0. The molecule has 0 unspecified atom stereocenters. The van der Waals surface area contributed by atoms with Crippen molar-refractivity contribution in [2.24, 2.45) is 5.92 Å². The molecule has 2 heterocycles. The lowest BCUT2D eigenvalue weighted by molar-refractivity contribution is -0.149. The monoisotopic (exact) mass is 330 g/mol. The maximum absolute atomic E-state index is 12.5. The highest BCUT2D eigenvalue weighted by Crippen LogP contribution is 2.23. The van der Waals surface area contributed by atoms with Crippen molar-refractivity contribution in [1.29, 1.82) is 0 Å². The van der Waals surface area contributed by atoms with E-state index in [1.165, 1.54) is 12.1 Å². The summed E-state index contributed by atoms with van der Waals surface area (Å²) in [5, 5.41) is 0.462. The molecule has 2 rings (SSSR count). The molecule has 7 heteroatoms. The third-order valence-electron chi connectivity index (χ3n) is 3.34. The van der Waals surface area contributed by atoms with Gasteiger partial charge in [0.15, 0.2) is 0 Å². The van der Waals surface area contributed by atoms with Crippen molar-refractivity contribution in [3.05, 3.63) is 28.0 Å². The second kappa shape index (κ2) is 7.09. The summed E-state index contributed by atoms with van der Waals surface area (Å²) in [4.78, 5) is 29.8. The van der Waals surface area contributed by atoms with Gasteiger partial charge in [-0.25, -0.2) is 4.98 Å². The van der Waals surface area contributed by atoms with Crippen LogP contribution in [0.1, 0.15) is 30.3 Å². The fraction of sp³-hybridized carbons (Fsp3) is 0.500. The van der Waals surface area contributed by atoms with Crippen molar-refractivity contribution in [3.63, 3.8) is 0 Å². The van der Waals surface area contributed by atoms with Gasteiger partial charge < -0.3 is 9.64 Å². The van der Waals surface area contributed by atoms with E-state index in [9.17, 15) is 9.59 Å². The van der Waals surface area contributed by atoms with Gasteiger partial charge in [0.1, 0.15) is 10.8 Å². The van der Waals surface area contributed by atoms with E-state index in [2.05, 4.69) is 4.98 Å². The molecule has 1 aliphatic rings. The molecule has 21 heavy (non-hydrogen) atoms. The number of carbonyl (C=O) groups is 2. The Bertz CT molecular complexity index is 551. The van der Waals surface area contributed by atoms with Crippen LogP contribution in [-0.4, -0.2) is 41.5 Å². The summed E-state index contributed by atoms with van der Waals surface area (Å²) in [5.41, 5.74) is 0.119. The van der Waals surface area contributed by atoms with Crippen LogP contribution < -0.4 is 0 Å². The van der Waals surface area contributed by atoms with E-state index in [1.54, 1.807) is 11.8 Å². The predicted molar refractivity (Wildman–Crippen MR) is 79.5 cm³/mol. The number of piperidine rings is 1. The van der Waals surface area contributed by atoms with E-state index in [0.717, 1.165) is 12.8 Å². The fourth-order valence-electron chi connectivity index (χ4n) is 2.33. The first-order valence-electron chi connectivity index (χ1n) is 6.81. The van der Waals surface area contributed by atoms with Gasteiger partial charge in [-0.3, -0.25) is 9.59 Å². The molecule has 114 valence electrons. The first kappa shape index (κ1) is 16.0. The third kappa shape index (κ3) is 3.86. The van der Waals surface area contributed by atoms with Crippen molar-refractivity contribution >= 4 is 35.1 Å². The van der Waals surface area contributed by atoms with Gasteiger partial charge in [-0.05, 0) is 31.9 Å². The SMILES string of the molecule is CCOC(=O)[C@H]1CCCN(C(=O)c2nc(Cl)ccc2Cl)C1. The summed E-state index contributed by atoms with van der Waals surface area (Å²) < 4.78 is 5.02. The number of esters is 1. The Labute approximate surface area is 133 Å². The molecule has 1 aromatic rings. The van der Waals surface area contributed by atoms with Crippen molar-refractivity contribution in [2.75, 3.05) is 19.7 Å². The van der Waals surface area contributed by atoms with Crippen LogP contribution in [0.15, 0.2) is 12.1 Å². The zero-order valence-corrected chi connectivity index (χ0v) is 13.2. The number of rotatable bonds is 3. The minimum atomic E-state index is -0.309. The molecule has 1 aromatic heterocycles. The van der Waals surface area contributed by atoms with Crippen LogP contribution in [0.4, 0.5) is 0 Å². The number of aromatic nitrogens is 1. The normalized spacial score (nSPS) is 18.4. The number of ether oxygens (including phenoxy) is 1. The number of carbonyl (C=O) groups excluding carboxylic acids is 2. The Morgan fingerprint density at radius 3 is 2.90 bits per heavy atom. The summed E-state index contributed by atoms with van der Waals surface area (Å²) in [6.07, 6.45) is 1.47. The quantitative estimate of drug-likeness (QED) is 0.631. The van der Waals surface area contributed by atoms with E-state index in [4.69, 9.17) is 27.9 Å². The van der Waals surface area contributed by atoms with Crippen molar-refractivity contribution in [2.45, 2.75) is 19.8 Å². The summed E-state index contributed by atoms with van der Waals surface area (Å²) in [6.45, 7) is 2.99. The Morgan fingerprint density at radius 1 is 1.43 bits per heavy atom. The molecule has 1 aliphatic heterocycles. The van der Waals surface area contributed by atoms with Gasteiger partial charge in [0, 0.05) is 13.1 Å². The highest BCUT2D eigenvalue weighted by Gasteiger charge is 2.31. The minimum absolute atomic E-state index is 0.119. The Balaban J connectivity index is 2.12. The Kier molecular flexibility index (Phi) is 5.42. The number of pyridine rings is 1. The second-order valence-corrected chi connectivity index (χ2v) is 5.60. The highest BCUT2D eigenvalue weighted by atomic mass is 35.5. The number of nitrogens with zero attached hydrogens (tertiary/aromatic N) is 2. The number of hydrogen-bond donors (Lipinski definition) is 0. The van der Waals surface area contributed by atoms with Crippen LogP contribution in [-0.2, 0) is 9.53 Å². The van der Waals surface area contributed by atoms with Crippen molar-refractivity contribution in [3.8, 4) is 0 Å². The van der Waals surface area contributed by atoms with Crippen LogP contribution in [0.3, 0.4) is 0 Å². The molecular formula is C14H16Cl2N2O3. The van der Waals surface area contributed by atoms with Crippen LogP contribution in [0.2, 0.25) is 10.2 Å². The minimum Gasteiger partial charge on any atom is -0.466 e. The van der Waals surface area contributed by atoms with Gasteiger partial charge in [0.25, 0.3) is 5.91 Å². The molecule has 1 fully saturated rings. The molecular weight excluding hydrogens is 315 g/mol. The maximum atomic E-state index is 12.5. The Morgan fingerprint density at radius 2 is 2.19 bits per heavy atom. The molecule has 0 aliphatic carbocycles. The lowest BCUT2D eigenvalue weighted by atomic mass is 9.98. The molecule has 0 N–H and O–H groups in total. The smallest absolute Gasteiger partial charge is 0.310 e. The van der Waals surface area contributed by atoms with Crippen LogP contribution in [0, 0.1) is 5.92 Å². The van der Waals surface area contributed by atoms with Gasteiger partial charge in [0.05, 0.1) is 17.5 Å². The first-order chi connectivity index (χ1) is 10.0. The average Bonchev–Trinajstić information content (AvgIpc) is 2.49. The molecule has 0 radical (unpaired) electrons. The van der Waals surface area contributed by atoms with Gasteiger partial charge in [-0.2, -0.15) is 0 Å². The Hall–Kier alpha value is -1.33. The molecule has 0 bridgehead atoms. The van der Waals surface area contributed by atoms with Crippen LogP contribution in [0.25, 0.3) is 0 Å². The largest absolute Gasteiger partial charge is 0.466 e. The molecule has 1 atom stereocenters. The lowest BCUT2D eigenvalue weighted by Crippen LogP contribution is -2.43. The highest BCUT2D eigenvalue weighted by molar-refractivity contribution is 6.34. The fourth-order valence-corrected chi connectivity index (χ4v) is 2.67. The standard InChI is InChI=1S/C14H16Cl2N2O3/c1-2-21-14(20)9-4-3-7-18(8-9)13(19)12-10(15)5-6-11(16)17-12/h5-6,9H,2-4,7-8H2,1H3/t9-/m0/s1. The molecule has 0 spiro atoms. The predicted octanol–water partition coefficient (Wildman–Crippen LogP) is 2.80. The van der Waals surface area contributed by atoms with Crippen molar-refractivity contribution < 1.29 is 14.3 Å². The van der Waals surface area contributed by atoms with Crippen LogP contribution >= 0.6 is 23.2 Å². The van der Waals surface area contributed by atoms with Gasteiger partial charge in [-0.1, -0.05) is 23.2 Å². The summed E-state index contributed by atoms with van der Waals surface area (Å²) in [6, 6.07) is 3.06. The molecule has 1 saturated heterocycles. The topological polar surface area (TPSA) is 59.5 Å². The van der Waals surface area contributed by atoms with Gasteiger partial charge >= 0.3 is 5.97 Å². The molecule has 0 aromatic carbocycles. The molecule has 1 amide bonds.